The molecule has 1 amide bonds. The van der Waals surface area contributed by atoms with Gasteiger partial charge in [0.2, 0.25) is 15.9 Å². The maximum absolute atomic E-state index is 12.7. The van der Waals surface area contributed by atoms with Gasteiger partial charge in [-0.1, -0.05) is 17.7 Å². The maximum Gasteiger partial charge on any atom is 0.414 e. The average molecular weight is 474 g/mol. The Kier molecular flexibility index (Phi) is 11.8. The molecule has 0 aromatic heterocycles. The molecule has 1 aromatic rings. The van der Waals surface area contributed by atoms with Crippen molar-refractivity contribution in [1.29, 1.82) is 0 Å². The number of aryl methyl sites for hydroxylation is 1. The van der Waals surface area contributed by atoms with Crippen molar-refractivity contribution in [3.05, 3.63) is 29.8 Å². The van der Waals surface area contributed by atoms with Gasteiger partial charge in [-0.2, -0.15) is 4.31 Å². The van der Waals surface area contributed by atoms with Crippen molar-refractivity contribution in [2.75, 3.05) is 52.5 Å². The van der Waals surface area contributed by atoms with Gasteiger partial charge in [0.15, 0.2) is 0 Å². The largest absolute Gasteiger partial charge is 0.473 e. The molecule has 1 aliphatic rings. The Labute approximate surface area is 188 Å². The number of nitrogens with one attached hydrogen (secondary N) is 1. The second kappa shape index (κ2) is 13.8. The highest BCUT2D eigenvalue weighted by atomic mass is 32.2. The van der Waals surface area contributed by atoms with E-state index in [0.717, 1.165) is 18.5 Å². The topological polar surface area (TPSA) is 154 Å². The van der Waals surface area contributed by atoms with Crippen LogP contribution in [0.4, 0.5) is 0 Å². The predicted molar refractivity (Wildman–Crippen MR) is 116 cm³/mol. The van der Waals surface area contributed by atoms with Crippen molar-refractivity contribution >= 4 is 27.9 Å². The van der Waals surface area contributed by atoms with Gasteiger partial charge >= 0.3 is 11.9 Å². The van der Waals surface area contributed by atoms with Crippen LogP contribution in [-0.4, -0.2) is 98.2 Å². The van der Waals surface area contributed by atoms with Crippen molar-refractivity contribution in [1.82, 2.24) is 14.5 Å². The second-order valence-electron chi connectivity index (χ2n) is 6.94. The highest BCUT2D eigenvalue weighted by molar-refractivity contribution is 7.89. The smallest absolute Gasteiger partial charge is 0.414 e. The molecule has 180 valence electrons. The van der Waals surface area contributed by atoms with Crippen LogP contribution in [0.2, 0.25) is 0 Å². The van der Waals surface area contributed by atoms with Crippen molar-refractivity contribution < 1.29 is 37.8 Å². The summed E-state index contributed by atoms with van der Waals surface area (Å²) in [4.78, 5) is 32.4. The van der Waals surface area contributed by atoms with Crippen LogP contribution in [0.5, 0.6) is 0 Å². The number of carbonyl (C=O) groups is 3. The SMILES string of the molecule is CCOCCCNCC(=O)N1CCN(S(=O)(=O)c2ccc(C)cc2)CC1.O=C(O)C(=O)O. The van der Waals surface area contributed by atoms with E-state index in [-0.39, 0.29) is 12.5 Å². The molecular formula is C20H31N3O8S. The lowest BCUT2D eigenvalue weighted by molar-refractivity contribution is -0.159. The third-order valence-electron chi connectivity index (χ3n) is 4.56. The van der Waals surface area contributed by atoms with Gasteiger partial charge in [-0.25, -0.2) is 18.0 Å². The quantitative estimate of drug-likeness (QED) is 0.332. The summed E-state index contributed by atoms with van der Waals surface area (Å²) in [6, 6.07) is 6.86. The number of aliphatic carboxylic acids is 2. The third-order valence-corrected chi connectivity index (χ3v) is 6.47. The van der Waals surface area contributed by atoms with E-state index >= 15 is 0 Å². The Hall–Kier alpha value is -2.54. The summed E-state index contributed by atoms with van der Waals surface area (Å²) < 4.78 is 32.0. The van der Waals surface area contributed by atoms with Gasteiger partial charge < -0.3 is 25.2 Å². The molecule has 0 bridgehead atoms. The molecule has 0 spiro atoms. The summed E-state index contributed by atoms with van der Waals surface area (Å²) in [6.45, 7) is 7.77. The molecule has 0 atom stereocenters. The minimum Gasteiger partial charge on any atom is -0.473 e. The summed E-state index contributed by atoms with van der Waals surface area (Å²) in [5, 5.41) is 17.9. The third kappa shape index (κ3) is 9.30. The number of hydrogen-bond donors (Lipinski definition) is 3. The summed E-state index contributed by atoms with van der Waals surface area (Å²) in [5.74, 6) is -3.64. The number of benzene rings is 1. The van der Waals surface area contributed by atoms with Gasteiger partial charge in [0.05, 0.1) is 11.4 Å². The van der Waals surface area contributed by atoms with Crippen LogP contribution < -0.4 is 5.32 Å². The van der Waals surface area contributed by atoms with Crippen molar-refractivity contribution in [3.63, 3.8) is 0 Å². The highest BCUT2D eigenvalue weighted by Gasteiger charge is 2.29. The second-order valence-corrected chi connectivity index (χ2v) is 8.87. The number of amides is 1. The lowest BCUT2D eigenvalue weighted by atomic mass is 10.2. The molecule has 11 nitrogen and oxygen atoms in total. The van der Waals surface area contributed by atoms with E-state index in [4.69, 9.17) is 24.5 Å². The zero-order valence-corrected chi connectivity index (χ0v) is 19.1. The number of hydrogen-bond acceptors (Lipinski definition) is 7. The lowest BCUT2D eigenvalue weighted by Crippen LogP contribution is -2.52. The van der Waals surface area contributed by atoms with E-state index in [0.29, 0.717) is 44.3 Å². The molecule has 3 N–H and O–H groups in total. The van der Waals surface area contributed by atoms with Crippen molar-refractivity contribution in [2.24, 2.45) is 0 Å². The summed E-state index contributed by atoms with van der Waals surface area (Å²) in [5.41, 5.74) is 1.02. The number of carboxylic acid groups (broad SMARTS) is 2. The number of piperazine rings is 1. The van der Waals surface area contributed by atoms with E-state index < -0.39 is 22.0 Å². The van der Waals surface area contributed by atoms with Crippen LogP contribution in [0.25, 0.3) is 0 Å². The molecule has 1 aliphatic heterocycles. The Morgan fingerprint density at radius 1 is 1.03 bits per heavy atom. The standard InChI is InChI=1S/C18H29N3O4S.C2H2O4/c1-3-25-14-4-9-19-15-18(22)20-10-12-21(13-11-20)26(23,24)17-7-5-16(2)6-8-17;3-1(4)2(5)6/h5-8,19H,3-4,9-15H2,1-2H3;(H,3,4)(H,5,6). The number of rotatable bonds is 9. The first-order valence-electron chi connectivity index (χ1n) is 10.2. The normalized spacial score (nSPS) is 14.4. The predicted octanol–water partition coefficient (Wildman–Crippen LogP) is -0.000280. The molecule has 0 radical (unpaired) electrons. The molecule has 1 aromatic carbocycles. The van der Waals surface area contributed by atoms with Crippen LogP contribution in [0.1, 0.15) is 18.9 Å². The van der Waals surface area contributed by atoms with E-state index in [2.05, 4.69) is 5.32 Å². The average Bonchev–Trinajstić information content (AvgIpc) is 2.76. The first kappa shape index (κ1) is 27.5. The van der Waals surface area contributed by atoms with Crippen LogP contribution in [0, 0.1) is 6.92 Å². The summed E-state index contributed by atoms with van der Waals surface area (Å²) in [6.07, 6.45) is 0.865. The van der Waals surface area contributed by atoms with E-state index in [1.807, 2.05) is 13.8 Å². The molecular weight excluding hydrogens is 442 g/mol. The Bertz CT molecular complexity index is 838. The number of carbonyl (C=O) groups excluding carboxylic acids is 1. The van der Waals surface area contributed by atoms with Crippen LogP contribution in [0.15, 0.2) is 29.2 Å². The Morgan fingerprint density at radius 3 is 2.09 bits per heavy atom. The van der Waals surface area contributed by atoms with Crippen LogP contribution >= 0.6 is 0 Å². The minimum absolute atomic E-state index is 0.00814. The molecule has 1 heterocycles. The lowest BCUT2D eigenvalue weighted by Gasteiger charge is -2.34. The summed E-state index contributed by atoms with van der Waals surface area (Å²) >= 11 is 0. The fourth-order valence-corrected chi connectivity index (χ4v) is 4.21. The highest BCUT2D eigenvalue weighted by Crippen LogP contribution is 2.18. The van der Waals surface area contributed by atoms with Crippen molar-refractivity contribution in [3.8, 4) is 0 Å². The molecule has 0 saturated carbocycles. The molecule has 0 aliphatic carbocycles. The van der Waals surface area contributed by atoms with Gasteiger partial charge in [-0.05, 0) is 38.9 Å². The summed E-state index contributed by atoms with van der Waals surface area (Å²) in [7, 11) is -3.49. The van der Waals surface area contributed by atoms with E-state index in [9.17, 15) is 13.2 Å². The molecule has 1 saturated heterocycles. The van der Waals surface area contributed by atoms with Gasteiger partial charge in [-0.3, -0.25) is 4.79 Å². The van der Waals surface area contributed by atoms with Gasteiger partial charge in [-0.15, -0.1) is 0 Å². The maximum atomic E-state index is 12.7. The Morgan fingerprint density at radius 2 is 1.59 bits per heavy atom. The first-order valence-corrected chi connectivity index (χ1v) is 11.6. The molecule has 2 rings (SSSR count). The monoisotopic (exact) mass is 473 g/mol. The fraction of sp³-hybridized carbons (Fsp3) is 0.550. The molecule has 0 unspecified atom stereocenters. The zero-order chi connectivity index (χ0) is 24.1. The van der Waals surface area contributed by atoms with E-state index in [1.165, 1.54) is 4.31 Å². The van der Waals surface area contributed by atoms with Crippen LogP contribution in [-0.2, 0) is 29.1 Å². The number of carboxylic acids is 2. The van der Waals surface area contributed by atoms with Gasteiger partial charge in [0.25, 0.3) is 0 Å². The number of nitrogens with zero attached hydrogens (tertiary/aromatic N) is 2. The molecule has 12 heteroatoms. The van der Waals surface area contributed by atoms with Gasteiger partial charge in [0, 0.05) is 39.4 Å². The number of ether oxygens (including phenoxy) is 1. The van der Waals surface area contributed by atoms with Gasteiger partial charge in [0.1, 0.15) is 0 Å². The molecule has 1 fully saturated rings. The van der Waals surface area contributed by atoms with E-state index in [1.54, 1.807) is 29.2 Å². The Balaban J connectivity index is 0.000000751. The van der Waals surface area contributed by atoms with Crippen molar-refractivity contribution in [2.45, 2.75) is 25.2 Å². The van der Waals surface area contributed by atoms with Crippen LogP contribution in [0.3, 0.4) is 0 Å². The minimum atomic E-state index is -3.49. The fourth-order valence-electron chi connectivity index (χ4n) is 2.79. The number of sulfonamides is 1. The molecule has 32 heavy (non-hydrogen) atoms. The first-order chi connectivity index (χ1) is 15.1. The zero-order valence-electron chi connectivity index (χ0n) is 18.3.